The number of benzene rings is 1. The number of anilines is 1. The smallest absolute Gasteiger partial charge is 0.319 e. The molecule has 1 aromatic carbocycles. The summed E-state index contributed by atoms with van der Waals surface area (Å²) < 4.78 is 10.4. The highest BCUT2D eigenvalue weighted by atomic mass is 16.5. The van der Waals surface area contributed by atoms with Gasteiger partial charge in [-0.2, -0.15) is 0 Å². The van der Waals surface area contributed by atoms with E-state index in [1.807, 2.05) is 25.1 Å². The summed E-state index contributed by atoms with van der Waals surface area (Å²) in [6.07, 6.45) is 1.02. The normalized spacial score (nSPS) is 18.1. The van der Waals surface area contributed by atoms with Crippen LogP contribution in [0.4, 0.5) is 10.5 Å². The van der Waals surface area contributed by atoms with E-state index in [2.05, 4.69) is 10.6 Å². The SMILES string of the molecule is COc1ccc(NC(=O)NC[C@@H]2CCOC2)c(C)c1. The zero-order valence-electron chi connectivity index (χ0n) is 11.4. The Kier molecular flexibility index (Phi) is 4.63. The quantitative estimate of drug-likeness (QED) is 0.876. The second kappa shape index (κ2) is 6.43. The number of amides is 2. The van der Waals surface area contributed by atoms with E-state index in [4.69, 9.17) is 9.47 Å². The van der Waals surface area contributed by atoms with Crippen LogP contribution in [-0.2, 0) is 4.74 Å². The molecule has 1 aliphatic rings. The minimum atomic E-state index is -0.180. The number of aryl methyl sites for hydroxylation is 1. The summed E-state index contributed by atoms with van der Waals surface area (Å²) in [6.45, 7) is 4.12. The van der Waals surface area contributed by atoms with Gasteiger partial charge in [0.2, 0.25) is 0 Å². The van der Waals surface area contributed by atoms with Crippen LogP contribution in [0.5, 0.6) is 5.75 Å². The predicted octanol–water partition coefficient (Wildman–Crippen LogP) is 2.16. The maximum atomic E-state index is 11.8. The molecule has 2 amide bonds. The minimum absolute atomic E-state index is 0.180. The van der Waals surface area contributed by atoms with Crippen LogP contribution in [0.2, 0.25) is 0 Å². The summed E-state index contributed by atoms with van der Waals surface area (Å²) in [5.74, 6) is 1.22. The molecule has 19 heavy (non-hydrogen) atoms. The number of methoxy groups -OCH3 is 1. The molecule has 0 unspecified atom stereocenters. The van der Waals surface area contributed by atoms with E-state index in [1.165, 1.54) is 0 Å². The maximum Gasteiger partial charge on any atom is 0.319 e. The second-order valence-corrected chi connectivity index (χ2v) is 4.75. The lowest BCUT2D eigenvalue weighted by Crippen LogP contribution is -2.33. The van der Waals surface area contributed by atoms with Crippen molar-refractivity contribution in [3.05, 3.63) is 23.8 Å². The Morgan fingerprint density at radius 2 is 2.37 bits per heavy atom. The molecule has 0 saturated carbocycles. The first kappa shape index (κ1) is 13.7. The number of hydrogen-bond acceptors (Lipinski definition) is 3. The second-order valence-electron chi connectivity index (χ2n) is 4.75. The number of nitrogens with one attached hydrogen (secondary N) is 2. The summed E-state index contributed by atoms with van der Waals surface area (Å²) in [6, 6.07) is 5.38. The summed E-state index contributed by atoms with van der Waals surface area (Å²) >= 11 is 0. The van der Waals surface area contributed by atoms with Crippen molar-refractivity contribution in [1.82, 2.24) is 5.32 Å². The van der Waals surface area contributed by atoms with Gasteiger partial charge in [0.05, 0.1) is 13.7 Å². The van der Waals surface area contributed by atoms with Crippen molar-refractivity contribution in [2.75, 3.05) is 32.2 Å². The van der Waals surface area contributed by atoms with Gasteiger partial charge in [0.25, 0.3) is 0 Å². The molecule has 1 heterocycles. The molecule has 5 heteroatoms. The average Bonchev–Trinajstić information content (AvgIpc) is 2.92. The van der Waals surface area contributed by atoms with Crippen LogP contribution in [0.1, 0.15) is 12.0 Å². The topological polar surface area (TPSA) is 59.6 Å². The van der Waals surface area contributed by atoms with Crippen LogP contribution in [-0.4, -0.2) is 32.9 Å². The van der Waals surface area contributed by atoms with E-state index >= 15 is 0 Å². The highest BCUT2D eigenvalue weighted by Gasteiger charge is 2.16. The van der Waals surface area contributed by atoms with Gasteiger partial charge >= 0.3 is 6.03 Å². The molecule has 2 N–H and O–H groups in total. The Balaban J connectivity index is 1.84. The molecule has 1 aliphatic heterocycles. The number of rotatable bonds is 4. The van der Waals surface area contributed by atoms with Crippen molar-refractivity contribution in [1.29, 1.82) is 0 Å². The fraction of sp³-hybridized carbons (Fsp3) is 0.500. The number of carbonyl (C=O) groups is 1. The molecule has 0 spiro atoms. The highest BCUT2D eigenvalue weighted by molar-refractivity contribution is 5.90. The lowest BCUT2D eigenvalue weighted by Gasteiger charge is -2.12. The Morgan fingerprint density at radius 3 is 3.00 bits per heavy atom. The van der Waals surface area contributed by atoms with Crippen LogP contribution >= 0.6 is 0 Å². The van der Waals surface area contributed by atoms with Gasteiger partial charge in [0, 0.05) is 24.8 Å². The number of carbonyl (C=O) groups excluding carboxylic acids is 1. The van der Waals surface area contributed by atoms with Crippen molar-refractivity contribution in [3.8, 4) is 5.75 Å². The van der Waals surface area contributed by atoms with Crippen molar-refractivity contribution in [3.63, 3.8) is 0 Å². The van der Waals surface area contributed by atoms with Crippen LogP contribution in [0, 0.1) is 12.8 Å². The lowest BCUT2D eigenvalue weighted by molar-refractivity contribution is 0.185. The molecular weight excluding hydrogens is 244 g/mol. The Morgan fingerprint density at radius 1 is 1.53 bits per heavy atom. The Labute approximate surface area is 113 Å². The average molecular weight is 264 g/mol. The molecule has 1 saturated heterocycles. The molecule has 104 valence electrons. The van der Waals surface area contributed by atoms with Crippen molar-refractivity contribution >= 4 is 11.7 Å². The van der Waals surface area contributed by atoms with Crippen molar-refractivity contribution in [2.24, 2.45) is 5.92 Å². The predicted molar refractivity (Wildman–Crippen MR) is 73.7 cm³/mol. The standard InChI is InChI=1S/C14H20N2O3/c1-10-7-12(18-2)3-4-13(10)16-14(17)15-8-11-5-6-19-9-11/h3-4,7,11H,5-6,8-9H2,1-2H3,(H2,15,16,17)/t11-/m0/s1. The van der Waals surface area contributed by atoms with E-state index in [0.717, 1.165) is 36.6 Å². The summed E-state index contributed by atoms with van der Waals surface area (Å²) in [4.78, 5) is 11.8. The van der Waals surface area contributed by atoms with Gasteiger partial charge in [0.15, 0.2) is 0 Å². The number of hydrogen-bond donors (Lipinski definition) is 2. The zero-order chi connectivity index (χ0) is 13.7. The monoisotopic (exact) mass is 264 g/mol. The molecule has 1 fully saturated rings. The first-order valence-corrected chi connectivity index (χ1v) is 6.46. The highest BCUT2D eigenvalue weighted by Crippen LogP contribution is 2.20. The molecular formula is C14H20N2O3. The fourth-order valence-corrected chi connectivity index (χ4v) is 2.05. The van der Waals surface area contributed by atoms with Gasteiger partial charge in [-0.25, -0.2) is 4.79 Å². The van der Waals surface area contributed by atoms with E-state index < -0.39 is 0 Å². The number of urea groups is 1. The lowest BCUT2D eigenvalue weighted by atomic mass is 10.1. The molecule has 1 atom stereocenters. The van der Waals surface area contributed by atoms with Gasteiger partial charge in [-0.1, -0.05) is 0 Å². The summed E-state index contributed by atoms with van der Waals surface area (Å²) in [5.41, 5.74) is 1.76. The van der Waals surface area contributed by atoms with Gasteiger partial charge in [-0.3, -0.25) is 0 Å². The summed E-state index contributed by atoms with van der Waals surface area (Å²) in [7, 11) is 1.62. The molecule has 0 aliphatic carbocycles. The van der Waals surface area contributed by atoms with E-state index in [0.29, 0.717) is 12.5 Å². The molecule has 0 aromatic heterocycles. The third-order valence-corrected chi connectivity index (χ3v) is 3.26. The van der Waals surface area contributed by atoms with Gasteiger partial charge in [0.1, 0.15) is 5.75 Å². The van der Waals surface area contributed by atoms with E-state index in [9.17, 15) is 4.79 Å². The molecule has 0 bridgehead atoms. The third kappa shape index (κ3) is 3.86. The molecule has 2 rings (SSSR count). The van der Waals surface area contributed by atoms with Crippen LogP contribution < -0.4 is 15.4 Å². The Bertz CT molecular complexity index is 442. The molecule has 1 aromatic rings. The van der Waals surface area contributed by atoms with Gasteiger partial charge in [-0.15, -0.1) is 0 Å². The van der Waals surface area contributed by atoms with E-state index in [-0.39, 0.29) is 6.03 Å². The van der Waals surface area contributed by atoms with Crippen molar-refractivity contribution < 1.29 is 14.3 Å². The van der Waals surface area contributed by atoms with Crippen LogP contribution in [0.15, 0.2) is 18.2 Å². The van der Waals surface area contributed by atoms with Crippen molar-refractivity contribution in [2.45, 2.75) is 13.3 Å². The first-order chi connectivity index (χ1) is 9.19. The molecule has 0 radical (unpaired) electrons. The summed E-state index contributed by atoms with van der Waals surface area (Å²) in [5, 5.41) is 5.71. The van der Waals surface area contributed by atoms with Gasteiger partial charge < -0.3 is 20.1 Å². The maximum absolute atomic E-state index is 11.8. The Hall–Kier alpha value is -1.75. The molecule has 5 nitrogen and oxygen atoms in total. The minimum Gasteiger partial charge on any atom is -0.497 e. The third-order valence-electron chi connectivity index (χ3n) is 3.26. The van der Waals surface area contributed by atoms with Crippen LogP contribution in [0.25, 0.3) is 0 Å². The van der Waals surface area contributed by atoms with Crippen LogP contribution in [0.3, 0.4) is 0 Å². The van der Waals surface area contributed by atoms with Gasteiger partial charge in [-0.05, 0) is 37.1 Å². The fourth-order valence-electron chi connectivity index (χ4n) is 2.05. The largest absolute Gasteiger partial charge is 0.497 e. The number of ether oxygens (including phenoxy) is 2. The van der Waals surface area contributed by atoms with E-state index in [1.54, 1.807) is 7.11 Å². The zero-order valence-corrected chi connectivity index (χ0v) is 11.4. The first-order valence-electron chi connectivity index (χ1n) is 6.46.